The maximum absolute atomic E-state index is 5.61. The monoisotopic (exact) mass is 291 g/mol. The van der Waals surface area contributed by atoms with E-state index in [4.69, 9.17) is 4.74 Å². The van der Waals surface area contributed by atoms with E-state index >= 15 is 0 Å². The Hall–Kier alpha value is -2.25. The van der Waals surface area contributed by atoms with E-state index in [0.717, 1.165) is 19.4 Å². The van der Waals surface area contributed by atoms with Gasteiger partial charge in [-0.3, -0.25) is 0 Å². The van der Waals surface area contributed by atoms with Crippen molar-refractivity contribution >= 4 is 5.95 Å². The molecule has 21 heavy (non-hydrogen) atoms. The molecule has 0 unspecified atom stereocenters. The minimum atomic E-state index is 0.308. The lowest BCUT2D eigenvalue weighted by Crippen LogP contribution is -2.11. The van der Waals surface area contributed by atoms with Crippen molar-refractivity contribution in [2.45, 2.75) is 39.5 Å². The van der Waals surface area contributed by atoms with Crippen LogP contribution in [0.4, 0.5) is 5.95 Å². The third-order valence-corrected chi connectivity index (χ3v) is 2.79. The summed E-state index contributed by atoms with van der Waals surface area (Å²) in [5, 5.41) is 7.08. The summed E-state index contributed by atoms with van der Waals surface area (Å²) in [6, 6.07) is 0.308. The average Bonchev–Trinajstić information content (AvgIpc) is 3.01. The zero-order chi connectivity index (χ0) is 14.9. The Kier molecular flexibility index (Phi) is 5.86. The van der Waals surface area contributed by atoms with E-state index in [1.807, 2.05) is 6.92 Å². The van der Waals surface area contributed by atoms with Crippen molar-refractivity contribution in [3.8, 4) is 12.0 Å². The quantitative estimate of drug-likeness (QED) is 0.705. The number of aromatic nitrogens is 6. The zero-order valence-electron chi connectivity index (χ0n) is 12.5. The topological polar surface area (TPSA) is 90.6 Å². The van der Waals surface area contributed by atoms with Crippen molar-refractivity contribution in [2.24, 2.45) is 0 Å². The fourth-order valence-electron chi connectivity index (χ4n) is 1.75. The third kappa shape index (κ3) is 4.66. The number of nitrogens with zero attached hydrogens (tertiary/aromatic N) is 6. The molecule has 2 aromatic heterocycles. The van der Waals surface area contributed by atoms with E-state index in [-0.39, 0.29) is 0 Å². The predicted molar refractivity (Wildman–Crippen MR) is 78.5 cm³/mol. The molecule has 0 spiro atoms. The van der Waals surface area contributed by atoms with Gasteiger partial charge in [0, 0.05) is 6.54 Å². The standard InChI is InChI=1S/C13H21N7O/c1-3-5-6-7-8-21-13-18-11(15-4-2)17-12(19-13)20-10-14-9-16-20/h9-10H,3-8H2,1-2H3,(H,15,17,18,19). The Morgan fingerprint density at radius 2 is 2.05 bits per heavy atom. The molecule has 8 nitrogen and oxygen atoms in total. The molecule has 0 aromatic carbocycles. The highest BCUT2D eigenvalue weighted by Gasteiger charge is 2.09. The molecule has 2 heterocycles. The summed E-state index contributed by atoms with van der Waals surface area (Å²) in [4.78, 5) is 16.6. The van der Waals surface area contributed by atoms with Crippen molar-refractivity contribution in [3.05, 3.63) is 12.7 Å². The van der Waals surface area contributed by atoms with Gasteiger partial charge in [-0.15, -0.1) is 0 Å². The third-order valence-electron chi connectivity index (χ3n) is 2.79. The molecule has 8 heteroatoms. The molecule has 1 N–H and O–H groups in total. The van der Waals surface area contributed by atoms with Gasteiger partial charge in [0.1, 0.15) is 12.7 Å². The van der Waals surface area contributed by atoms with Gasteiger partial charge in [0.25, 0.3) is 5.95 Å². The fourth-order valence-corrected chi connectivity index (χ4v) is 1.75. The zero-order valence-corrected chi connectivity index (χ0v) is 12.5. The Bertz CT molecular complexity index is 529. The molecule has 0 aliphatic rings. The number of unbranched alkanes of at least 4 members (excludes halogenated alkanes) is 3. The molecule has 0 aliphatic carbocycles. The molecule has 114 valence electrons. The van der Waals surface area contributed by atoms with E-state index in [1.54, 1.807) is 0 Å². The summed E-state index contributed by atoms with van der Waals surface area (Å²) in [6.07, 6.45) is 7.53. The summed E-state index contributed by atoms with van der Waals surface area (Å²) in [6.45, 7) is 5.48. The average molecular weight is 291 g/mol. The van der Waals surface area contributed by atoms with E-state index in [2.05, 4.69) is 37.3 Å². The second kappa shape index (κ2) is 8.13. The smallest absolute Gasteiger partial charge is 0.323 e. The summed E-state index contributed by atoms with van der Waals surface area (Å²) in [5.41, 5.74) is 0. The maximum atomic E-state index is 5.61. The highest BCUT2D eigenvalue weighted by atomic mass is 16.5. The van der Waals surface area contributed by atoms with Crippen LogP contribution in [-0.2, 0) is 0 Å². The second-order valence-corrected chi connectivity index (χ2v) is 4.52. The highest BCUT2D eigenvalue weighted by Crippen LogP contribution is 2.11. The number of hydrogen-bond donors (Lipinski definition) is 1. The SMILES string of the molecule is CCCCCCOc1nc(NCC)nc(-n2cncn2)n1. The van der Waals surface area contributed by atoms with Crippen molar-refractivity contribution in [3.63, 3.8) is 0 Å². The number of rotatable bonds is 9. The van der Waals surface area contributed by atoms with Gasteiger partial charge in [0.15, 0.2) is 0 Å². The van der Waals surface area contributed by atoms with Crippen LogP contribution in [0.3, 0.4) is 0 Å². The second-order valence-electron chi connectivity index (χ2n) is 4.52. The first-order chi connectivity index (χ1) is 10.3. The van der Waals surface area contributed by atoms with E-state index in [0.29, 0.717) is 24.5 Å². The Balaban J connectivity index is 2.05. The van der Waals surface area contributed by atoms with Crippen LogP contribution in [0.5, 0.6) is 6.01 Å². The molecule has 0 aliphatic heterocycles. The lowest BCUT2D eigenvalue weighted by atomic mass is 10.2. The van der Waals surface area contributed by atoms with E-state index < -0.39 is 0 Å². The number of ether oxygens (including phenoxy) is 1. The molecule has 0 radical (unpaired) electrons. The summed E-state index contributed by atoms with van der Waals surface area (Å²) in [5.74, 6) is 0.864. The lowest BCUT2D eigenvalue weighted by Gasteiger charge is -2.08. The predicted octanol–water partition coefficient (Wildman–Crippen LogP) is 1.84. The molecule has 2 aromatic rings. The molecular weight excluding hydrogens is 270 g/mol. The van der Waals surface area contributed by atoms with Crippen LogP contribution >= 0.6 is 0 Å². The van der Waals surface area contributed by atoms with Gasteiger partial charge in [-0.2, -0.15) is 24.7 Å². The molecule has 0 fully saturated rings. The van der Waals surface area contributed by atoms with Gasteiger partial charge in [-0.25, -0.2) is 4.98 Å². The lowest BCUT2D eigenvalue weighted by molar-refractivity contribution is 0.280. The van der Waals surface area contributed by atoms with Crippen LogP contribution < -0.4 is 10.1 Å². The van der Waals surface area contributed by atoms with Gasteiger partial charge in [0.05, 0.1) is 6.61 Å². The summed E-state index contributed by atoms with van der Waals surface area (Å²) in [7, 11) is 0. The number of nitrogens with one attached hydrogen (secondary N) is 1. The molecule has 0 amide bonds. The van der Waals surface area contributed by atoms with Crippen LogP contribution in [0.1, 0.15) is 39.5 Å². The first-order valence-electron chi connectivity index (χ1n) is 7.31. The van der Waals surface area contributed by atoms with Crippen molar-refractivity contribution in [2.75, 3.05) is 18.5 Å². The largest absolute Gasteiger partial charge is 0.463 e. The minimum absolute atomic E-state index is 0.308. The van der Waals surface area contributed by atoms with Gasteiger partial charge >= 0.3 is 6.01 Å². The summed E-state index contributed by atoms with van der Waals surface area (Å²) >= 11 is 0. The molecule has 0 atom stereocenters. The van der Waals surface area contributed by atoms with Crippen LogP contribution in [0.25, 0.3) is 5.95 Å². The van der Waals surface area contributed by atoms with Crippen molar-refractivity contribution < 1.29 is 4.74 Å². The van der Waals surface area contributed by atoms with Crippen LogP contribution in [0.2, 0.25) is 0 Å². The van der Waals surface area contributed by atoms with Crippen molar-refractivity contribution in [1.29, 1.82) is 0 Å². The first-order valence-corrected chi connectivity index (χ1v) is 7.31. The molecule has 2 rings (SSSR count). The minimum Gasteiger partial charge on any atom is -0.463 e. The first kappa shape index (κ1) is 15.1. The van der Waals surface area contributed by atoms with Crippen LogP contribution in [-0.4, -0.2) is 42.9 Å². The normalized spacial score (nSPS) is 10.6. The van der Waals surface area contributed by atoms with Gasteiger partial charge in [-0.05, 0) is 13.3 Å². The number of hydrogen-bond acceptors (Lipinski definition) is 7. The van der Waals surface area contributed by atoms with Crippen LogP contribution in [0, 0.1) is 0 Å². The van der Waals surface area contributed by atoms with Crippen molar-refractivity contribution in [1.82, 2.24) is 29.7 Å². The van der Waals surface area contributed by atoms with Gasteiger partial charge < -0.3 is 10.1 Å². The van der Waals surface area contributed by atoms with E-state index in [9.17, 15) is 0 Å². The number of anilines is 1. The molecule has 0 bridgehead atoms. The van der Waals surface area contributed by atoms with Crippen LogP contribution in [0.15, 0.2) is 12.7 Å². The maximum Gasteiger partial charge on any atom is 0.323 e. The highest BCUT2D eigenvalue weighted by molar-refractivity contribution is 5.29. The van der Waals surface area contributed by atoms with Gasteiger partial charge in [0.2, 0.25) is 5.95 Å². The Labute approximate surface area is 124 Å². The molecular formula is C13H21N7O. The van der Waals surface area contributed by atoms with E-state index in [1.165, 1.54) is 30.2 Å². The fraction of sp³-hybridized carbons (Fsp3) is 0.615. The Morgan fingerprint density at radius 1 is 1.14 bits per heavy atom. The summed E-state index contributed by atoms with van der Waals surface area (Å²) < 4.78 is 7.09. The Morgan fingerprint density at radius 3 is 2.76 bits per heavy atom. The molecule has 0 saturated carbocycles. The molecule has 0 saturated heterocycles. The van der Waals surface area contributed by atoms with Gasteiger partial charge in [-0.1, -0.05) is 26.2 Å².